The normalized spacial score (nSPS) is 14.3. The highest BCUT2D eigenvalue weighted by atomic mass is 19.1. The lowest BCUT2D eigenvalue weighted by atomic mass is 9.90. The van der Waals surface area contributed by atoms with Crippen LogP contribution >= 0.6 is 0 Å². The molecule has 0 bridgehead atoms. The van der Waals surface area contributed by atoms with Crippen LogP contribution in [0, 0.1) is 22.9 Å². The van der Waals surface area contributed by atoms with Crippen molar-refractivity contribution in [3.63, 3.8) is 0 Å². The summed E-state index contributed by atoms with van der Waals surface area (Å²) in [4.78, 5) is 37.9. The number of aryl methyl sites for hydroxylation is 1. The standard InChI is InChI=1S/C27H30FN5O5/c1-17-5-8-20(9-6-17)32-24(18-11-13-31(14-12-18)26(35)38-27(2,3)4)21(16-29-32)25(34)30-19-7-10-22(28)23(15-19)33(36)37/h5-10,15-16,18H,11-14H2,1-4H3,(H,30,34). The van der Waals surface area contributed by atoms with E-state index in [1.165, 1.54) is 12.3 Å². The molecule has 1 N–H and O–H groups in total. The molecule has 1 aromatic heterocycles. The molecule has 2 amide bonds. The number of nitrogens with one attached hydrogen (secondary N) is 1. The van der Waals surface area contributed by atoms with Gasteiger partial charge in [0.05, 0.1) is 28.1 Å². The highest BCUT2D eigenvalue weighted by Crippen LogP contribution is 2.33. The molecule has 4 rings (SSSR count). The van der Waals surface area contributed by atoms with E-state index in [-0.39, 0.29) is 17.7 Å². The summed E-state index contributed by atoms with van der Waals surface area (Å²) in [5, 5.41) is 18.3. The van der Waals surface area contributed by atoms with E-state index in [1.807, 2.05) is 52.0 Å². The highest BCUT2D eigenvalue weighted by molar-refractivity contribution is 6.05. The van der Waals surface area contributed by atoms with Crippen LogP contribution in [-0.4, -0.2) is 50.3 Å². The predicted octanol–water partition coefficient (Wildman–Crippen LogP) is 5.59. The summed E-state index contributed by atoms with van der Waals surface area (Å²) in [6, 6.07) is 10.9. The molecule has 0 unspecified atom stereocenters. The van der Waals surface area contributed by atoms with Gasteiger partial charge >= 0.3 is 11.8 Å². The number of anilines is 1. The largest absolute Gasteiger partial charge is 0.444 e. The smallest absolute Gasteiger partial charge is 0.410 e. The Morgan fingerprint density at radius 1 is 1.13 bits per heavy atom. The molecule has 38 heavy (non-hydrogen) atoms. The number of aromatic nitrogens is 2. The molecule has 1 aliphatic rings. The van der Waals surface area contributed by atoms with Crippen molar-refractivity contribution < 1.29 is 23.6 Å². The lowest BCUT2D eigenvalue weighted by Crippen LogP contribution is -2.41. The van der Waals surface area contributed by atoms with Crippen LogP contribution in [0.25, 0.3) is 5.69 Å². The van der Waals surface area contributed by atoms with Crippen molar-refractivity contribution in [2.24, 2.45) is 0 Å². The van der Waals surface area contributed by atoms with Crippen molar-refractivity contribution in [1.82, 2.24) is 14.7 Å². The minimum Gasteiger partial charge on any atom is -0.444 e. The summed E-state index contributed by atoms with van der Waals surface area (Å²) in [6.07, 6.45) is 2.25. The van der Waals surface area contributed by atoms with Crippen LogP contribution in [0.4, 0.5) is 20.6 Å². The fourth-order valence-corrected chi connectivity index (χ4v) is 4.41. The second-order valence-electron chi connectivity index (χ2n) is 10.3. The second-order valence-corrected chi connectivity index (χ2v) is 10.3. The first-order valence-electron chi connectivity index (χ1n) is 12.3. The topological polar surface area (TPSA) is 120 Å². The number of nitro groups is 1. The first-order valence-corrected chi connectivity index (χ1v) is 12.3. The third-order valence-electron chi connectivity index (χ3n) is 6.26. The molecule has 0 radical (unpaired) electrons. The summed E-state index contributed by atoms with van der Waals surface area (Å²) in [7, 11) is 0. The van der Waals surface area contributed by atoms with Gasteiger partial charge < -0.3 is 15.0 Å². The van der Waals surface area contributed by atoms with Gasteiger partial charge in [0.1, 0.15) is 5.60 Å². The van der Waals surface area contributed by atoms with Crippen LogP contribution < -0.4 is 5.32 Å². The van der Waals surface area contributed by atoms with Crippen molar-refractivity contribution >= 4 is 23.4 Å². The Kier molecular flexibility index (Phi) is 7.47. The van der Waals surface area contributed by atoms with E-state index in [0.29, 0.717) is 37.2 Å². The Balaban J connectivity index is 1.63. The van der Waals surface area contributed by atoms with Gasteiger partial charge in [-0.2, -0.15) is 9.49 Å². The third kappa shape index (κ3) is 5.99. The molecule has 11 heteroatoms. The summed E-state index contributed by atoms with van der Waals surface area (Å²) < 4.78 is 21.0. The fourth-order valence-electron chi connectivity index (χ4n) is 4.41. The Morgan fingerprint density at radius 3 is 2.39 bits per heavy atom. The van der Waals surface area contributed by atoms with Gasteiger partial charge in [0, 0.05) is 30.8 Å². The number of ether oxygens (including phenoxy) is 1. The number of hydrogen-bond acceptors (Lipinski definition) is 6. The molecule has 0 aliphatic carbocycles. The van der Waals surface area contributed by atoms with Gasteiger partial charge in [-0.3, -0.25) is 14.9 Å². The van der Waals surface area contributed by atoms with Crippen molar-refractivity contribution in [2.75, 3.05) is 18.4 Å². The number of benzene rings is 2. The van der Waals surface area contributed by atoms with Crippen LogP contribution in [0.2, 0.25) is 0 Å². The van der Waals surface area contributed by atoms with Gasteiger partial charge in [0.15, 0.2) is 0 Å². The van der Waals surface area contributed by atoms with Gasteiger partial charge in [-0.15, -0.1) is 0 Å². The average Bonchev–Trinajstić information content (AvgIpc) is 3.30. The lowest BCUT2D eigenvalue weighted by Gasteiger charge is -2.34. The molecule has 200 valence electrons. The van der Waals surface area contributed by atoms with E-state index < -0.39 is 27.9 Å². The van der Waals surface area contributed by atoms with Gasteiger partial charge in [0.2, 0.25) is 5.82 Å². The number of amides is 2. The van der Waals surface area contributed by atoms with Crippen LogP contribution in [0.15, 0.2) is 48.7 Å². The van der Waals surface area contributed by atoms with E-state index >= 15 is 0 Å². The predicted molar refractivity (Wildman–Crippen MR) is 139 cm³/mol. The van der Waals surface area contributed by atoms with Gasteiger partial charge in [-0.05, 0) is 64.8 Å². The highest BCUT2D eigenvalue weighted by Gasteiger charge is 2.32. The van der Waals surface area contributed by atoms with Crippen molar-refractivity contribution in [2.45, 2.75) is 52.1 Å². The maximum Gasteiger partial charge on any atom is 0.410 e. The Bertz CT molecular complexity index is 1360. The molecule has 0 atom stereocenters. The van der Waals surface area contributed by atoms with Crippen molar-refractivity contribution in [1.29, 1.82) is 0 Å². The van der Waals surface area contributed by atoms with Crippen LogP contribution in [0.3, 0.4) is 0 Å². The van der Waals surface area contributed by atoms with Crippen LogP contribution in [0.5, 0.6) is 0 Å². The quantitative estimate of drug-likeness (QED) is 0.344. The summed E-state index contributed by atoms with van der Waals surface area (Å²) in [6.45, 7) is 8.32. The number of carbonyl (C=O) groups excluding carboxylic acids is 2. The summed E-state index contributed by atoms with van der Waals surface area (Å²) in [5.74, 6) is -1.60. The van der Waals surface area contributed by atoms with E-state index in [2.05, 4.69) is 10.4 Å². The molecular formula is C27H30FN5O5. The number of nitro benzene ring substituents is 1. The first-order chi connectivity index (χ1) is 17.9. The maximum absolute atomic E-state index is 13.8. The van der Waals surface area contributed by atoms with Crippen LogP contribution in [-0.2, 0) is 4.74 Å². The molecule has 0 spiro atoms. The molecule has 0 saturated carbocycles. The van der Waals surface area contributed by atoms with E-state index in [9.17, 15) is 24.1 Å². The molecular weight excluding hydrogens is 493 g/mol. The maximum atomic E-state index is 13.8. The zero-order chi connectivity index (χ0) is 27.6. The second kappa shape index (κ2) is 10.6. The Morgan fingerprint density at radius 2 is 1.79 bits per heavy atom. The number of halogens is 1. The Labute approximate surface area is 219 Å². The fraction of sp³-hybridized carbons (Fsp3) is 0.370. The molecule has 1 aliphatic heterocycles. The first kappa shape index (κ1) is 26.8. The summed E-state index contributed by atoms with van der Waals surface area (Å²) >= 11 is 0. The van der Waals surface area contributed by atoms with Gasteiger partial charge in [0.25, 0.3) is 5.91 Å². The number of carbonyl (C=O) groups is 2. The van der Waals surface area contributed by atoms with Gasteiger partial charge in [-0.25, -0.2) is 9.48 Å². The number of rotatable bonds is 5. The SMILES string of the molecule is Cc1ccc(-n2ncc(C(=O)Nc3ccc(F)c([N+](=O)[O-])c3)c2C2CCN(C(=O)OC(C)(C)C)CC2)cc1. The van der Waals surface area contributed by atoms with E-state index in [4.69, 9.17) is 4.74 Å². The number of likely N-dealkylation sites (tertiary alicyclic amines) is 1. The number of hydrogen-bond donors (Lipinski definition) is 1. The minimum atomic E-state index is -0.988. The Hall–Kier alpha value is -4.28. The van der Waals surface area contributed by atoms with E-state index in [1.54, 1.807) is 9.58 Å². The average molecular weight is 524 g/mol. The zero-order valence-corrected chi connectivity index (χ0v) is 21.7. The molecule has 1 fully saturated rings. The zero-order valence-electron chi connectivity index (χ0n) is 21.7. The molecule has 2 aromatic carbocycles. The molecule has 1 saturated heterocycles. The monoisotopic (exact) mass is 523 g/mol. The van der Waals surface area contributed by atoms with Gasteiger partial charge in [-0.1, -0.05) is 17.7 Å². The molecule has 10 nitrogen and oxygen atoms in total. The van der Waals surface area contributed by atoms with E-state index in [0.717, 1.165) is 23.4 Å². The van der Waals surface area contributed by atoms with Crippen LogP contribution in [0.1, 0.15) is 61.1 Å². The number of piperidine rings is 1. The van der Waals surface area contributed by atoms with Crippen molar-refractivity contribution in [3.8, 4) is 5.69 Å². The summed E-state index contributed by atoms with van der Waals surface area (Å²) in [5.41, 5.74) is 1.59. The minimum absolute atomic E-state index is 0.0943. The molecule has 2 heterocycles. The third-order valence-corrected chi connectivity index (χ3v) is 6.26. The molecule has 3 aromatic rings. The van der Waals surface area contributed by atoms with Crippen molar-refractivity contribution in [3.05, 3.63) is 81.4 Å². The number of nitrogens with zero attached hydrogens (tertiary/aromatic N) is 4. The lowest BCUT2D eigenvalue weighted by molar-refractivity contribution is -0.387.